The number of rotatable bonds is 3. The molecule has 0 aliphatic carbocycles. The number of ether oxygens (including phenoxy) is 1. The minimum absolute atomic E-state index is 0.166. The van der Waals surface area contributed by atoms with Crippen molar-refractivity contribution in [1.82, 2.24) is 0 Å². The van der Waals surface area contributed by atoms with Crippen LogP contribution in [0.3, 0.4) is 0 Å². The van der Waals surface area contributed by atoms with Crippen LogP contribution < -0.4 is 10.6 Å². The molecule has 1 saturated heterocycles. The Hall–Kier alpha value is -1.06. The van der Waals surface area contributed by atoms with Gasteiger partial charge in [0.05, 0.1) is 6.61 Å². The zero-order chi connectivity index (χ0) is 13.3. The van der Waals surface area contributed by atoms with Crippen molar-refractivity contribution in [2.75, 3.05) is 37.7 Å². The highest BCUT2D eigenvalue weighted by atomic mass is 16.5. The zero-order valence-electron chi connectivity index (χ0n) is 11.8. The van der Waals surface area contributed by atoms with Gasteiger partial charge in [0.25, 0.3) is 0 Å². The highest BCUT2D eigenvalue weighted by Crippen LogP contribution is 2.34. The highest BCUT2D eigenvalue weighted by Gasteiger charge is 2.36. The van der Waals surface area contributed by atoms with Crippen molar-refractivity contribution in [2.24, 2.45) is 11.1 Å². The second-order valence-corrected chi connectivity index (χ2v) is 6.16. The minimum atomic E-state index is 0.166. The molecule has 2 aliphatic heterocycles. The molecule has 2 N–H and O–H groups in total. The monoisotopic (exact) mass is 260 g/mol. The van der Waals surface area contributed by atoms with Crippen molar-refractivity contribution in [3.8, 4) is 0 Å². The average molecular weight is 260 g/mol. The van der Waals surface area contributed by atoms with Crippen LogP contribution in [0.25, 0.3) is 0 Å². The first-order valence-corrected chi connectivity index (χ1v) is 7.35. The third kappa shape index (κ3) is 2.49. The molecular weight excluding hydrogens is 236 g/mol. The molecule has 1 unspecified atom stereocenters. The molecule has 1 fully saturated rings. The van der Waals surface area contributed by atoms with Crippen LogP contribution in [0.1, 0.15) is 24.0 Å². The van der Waals surface area contributed by atoms with E-state index in [4.69, 9.17) is 10.5 Å². The van der Waals surface area contributed by atoms with Gasteiger partial charge in [0, 0.05) is 37.3 Å². The maximum absolute atomic E-state index is 6.02. The van der Waals surface area contributed by atoms with Gasteiger partial charge in [-0.15, -0.1) is 0 Å². The average Bonchev–Trinajstić information content (AvgIpc) is 2.88. The van der Waals surface area contributed by atoms with Crippen LogP contribution >= 0.6 is 0 Å². The van der Waals surface area contributed by atoms with E-state index in [2.05, 4.69) is 30.0 Å². The predicted octanol–water partition coefficient (Wildman–Crippen LogP) is 2.11. The van der Waals surface area contributed by atoms with E-state index in [1.165, 1.54) is 29.7 Å². The Kier molecular flexibility index (Phi) is 3.50. The number of nitrogens with zero attached hydrogens (tertiary/aromatic N) is 1. The molecule has 2 aliphatic rings. The molecule has 0 bridgehead atoms. The summed E-state index contributed by atoms with van der Waals surface area (Å²) in [5, 5.41) is 0. The van der Waals surface area contributed by atoms with Gasteiger partial charge in [-0.25, -0.2) is 0 Å². The number of hydrogen-bond donors (Lipinski definition) is 1. The number of nitrogens with two attached hydrogens (primary N) is 1. The van der Waals surface area contributed by atoms with Gasteiger partial charge in [0.1, 0.15) is 0 Å². The molecule has 0 amide bonds. The lowest BCUT2D eigenvalue weighted by Gasteiger charge is -2.38. The maximum Gasteiger partial charge on any atom is 0.0552 e. The van der Waals surface area contributed by atoms with Crippen molar-refractivity contribution >= 4 is 5.69 Å². The predicted molar refractivity (Wildman–Crippen MR) is 78.6 cm³/mol. The fourth-order valence-electron chi connectivity index (χ4n) is 3.37. The standard InChI is InChI=1S/C16H24N2O/c1-13-4-5-15-14(9-13)3-2-7-18(15)11-16(10-17)6-8-19-12-16/h4-5,9H,2-3,6-8,10-12,17H2,1H3. The van der Waals surface area contributed by atoms with Gasteiger partial charge in [0.15, 0.2) is 0 Å². The topological polar surface area (TPSA) is 38.5 Å². The van der Waals surface area contributed by atoms with Crippen molar-refractivity contribution in [2.45, 2.75) is 26.2 Å². The molecule has 3 nitrogen and oxygen atoms in total. The lowest BCUT2D eigenvalue weighted by atomic mass is 9.85. The van der Waals surface area contributed by atoms with E-state index in [9.17, 15) is 0 Å². The third-order valence-corrected chi connectivity index (χ3v) is 4.59. The first-order chi connectivity index (χ1) is 9.22. The van der Waals surface area contributed by atoms with E-state index < -0.39 is 0 Å². The molecule has 0 saturated carbocycles. The van der Waals surface area contributed by atoms with E-state index >= 15 is 0 Å². The Morgan fingerprint density at radius 1 is 1.42 bits per heavy atom. The van der Waals surface area contributed by atoms with Crippen LogP contribution in [0.2, 0.25) is 0 Å². The molecule has 0 radical (unpaired) electrons. The van der Waals surface area contributed by atoms with E-state index in [1.54, 1.807) is 0 Å². The summed E-state index contributed by atoms with van der Waals surface area (Å²) < 4.78 is 5.59. The van der Waals surface area contributed by atoms with Crippen molar-refractivity contribution < 1.29 is 4.74 Å². The second-order valence-electron chi connectivity index (χ2n) is 6.16. The lowest BCUT2D eigenvalue weighted by molar-refractivity contribution is 0.156. The molecule has 1 atom stereocenters. The molecule has 19 heavy (non-hydrogen) atoms. The number of aryl methyl sites for hydroxylation is 2. The third-order valence-electron chi connectivity index (χ3n) is 4.59. The summed E-state index contributed by atoms with van der Waals surface area (Å²) in [6.07, 6.45) is 3.55. The Balaban J connectivity index is 1.83. The van der Waals surface area contributed by atoms with Crippen LogP contribution in [0.4, 0.5) is 5.69 Å². The summed E-state index contributed by atoms with van der Waals surface area (Å²) in [6.45, 7) is 6.78. The van der Waals surface area contributed by atoms with E-state index in [0.29, 0.717) is 0 Å². The Bertz CT molecular complexity index is 452. The number of fused-ring (bicyclic) bond motifs is 1. The van der Waals surface area contributed by atoms with Crippen molar-refractivity contribution in [3.63, 3.8) is 0 Å². The molecule has 104 valence electrons. The van der Waals surface area contributed by atoms with Gasteiger partial charge in [-0.2, -0.15) is 0 Å². The quantitative estimate of drug-likeness (QED) is 0.904. The molecule has 3 heteroatoms. The number of anilines is 1. The first kappa shape index (κ1) is 12.9. The van der Waals surface area contributed by atoms with Crippen LogP contribution in [0.5, 0.6) is 0 Å². The normalized spacial score (nSPS) is 26.5. The Morgan fingerprint density at radius 2 is 2.32 bits per heavy atom. The summed E-state index contributed by atoms with van der Waals surface area (Å²) in [4.78, 5) is 2.53. The van der Waals surface area contributed by atoms with Crippen LogP contribution in [-0.2, 0) is 11.2 Å². The van der Waals surface area contributed by atoms with Gasteiger partial charge in [-0.05, 0) is 37.8 Å². The summed E-state index contributed by atoms with van der Waals surface area (Å²) >= 11 is 0. The van der Waals surface area contributed by atoms with Crippen molar-refractivity contribution in [3.05, 3.63) is 29.3 Å². The highest BCUT2D eigenvalue weighted by molar-refractivity contribution is 5.57. The molecule has 3 rings (SSSR count). The van der Waals surface area contributed by atoms with Crippen LogP contribution in [0, 0.1) is 12.3 Å². The lowest BCUT2D eigenvalue weighted by Crippen LogP contribution is -2.45. The molecular formula is C16H24N2O. The maximum atomic E-state index is 6.02. The zero-order valence-corrected chi connectivity index (χ0v) is 11.8. The minimum Gasteiger partial charge on any atom is -0.381 e. The number of hydrogen-bond acceptors (Lipinski definition) is 3. The molecule has 0 aromatic heterocycles. The van der Waals surface area contributed by atoms with E-state index in [-0.39, 0.29) is 5.41 Å². The molecule has 2 heterocycles. The summed E-state index contributed by atoms with van der Waals surface area (Å²) in [6, 6.07) is 6.84. The largest absolute Gasteiger partial charge is 0.381 e. The van der Waals surface area contributed by atoms with Gasteiger partial charge in [0.2, 0.25) is 0 Å². The van der Waals surface area contributed by atoms with Gasteiger partial charge < -0.3 is 15.4 Å². The summed E-state index contributed by atoms with van der Waals surface area (Å²) in [5.41, 5.74) is 10.5. The van der Waals surface area contributed by atoms with E-state index in [1.807, 2.05) is 0 Å². The van der Waals surface area contributed by atoms with Gasteiger partial charge in [-0.1, -0.05) is 17.7 Å². The summed E-state index contributed by atoms with van der Waals surface area (Å²) in [5.74, 6) is 0. The van der Waals surface area contributed by atoms with E-state index in [0.717, 1.165) is 39.3 Å². The molecule has 0 spiro atoms. The molecule has 1 aromatic carbocycles. The fraction of sp³-hybridized carbons (Fsp3) is 0.625. The molecule has 1 aromatic rings. The summed E-state index contributed by atoms with van der Waals surface area (Å²) in [7, 11) is 0. The van der Waals surface area contributed by atoms with Crippen molar-refractivity contribution in [1.29, 1.82) is 0 Å². The fourth-order valence-corrected chi connectivity index (χ4v) is 3.37. The van der Waals surface area contributed by atoms with Crippen LogP contribution in [0.15, 0.2) is 18.2 Å². The number of benzene rings is 1. The van der Waals surface area contributed by atoms with Gasteiger partial charge in [-0.3, -0.25) is 0 Å². The van der Waals surface area contributed by atoms with Crippen LogP contribution in [-0.4, -0.2) is 32.8 Å². The Morgan fingerprint density at radius 3 is 3.05 bits per heavy atom. The SMILES string of the molecule is Cc1ccc2c(c1)CCCN2CC1(CN)CCOC1. The second kappa shape index (κ2) is 5.14. The van der Waals surface area contributed by atoms with Gasteiger partial charge >= 0.3 is 0 Å². The Labute approximate surface area is 115 Å². The first-order valence-electron chi connectivity index (χ1n) is 7.35. The smallest absolute Gasteiger partial charge is 0.0552 e.